The molecule has 1 amide bonds. The molecular formula is C15H24BrIN4O. The fourth-order valence-electron chi connectivity index (χ4n) is 1.64. The van der Waals surface area contributed by atoms with Crippen LogP contribution in [0.5, 0.6) is 0 Å². The molecule has 5 nitrogen and oxygen atoms in total. The molecule has 0 saturated heterocycles. The molecule has 22 heavy (non-hydrogen) atoms. The van der Waals surface area contributed by atoms with Gasteiger partial charge in [-0.05, 0) is 45.4 Å². The zero-order valence-corrected chi connectivity index (χ0v) is 17.3. The number of nitrogens with two attached hydrogens (primary N) is 1. The van der Waals surface area contributed by atoms with E-state index in [1.165, 1.54) is 0 Å². The van der Waals surface area contributed by atoms with Crippen LogP contribution < -0.4 is 16.4 Å². The highest BCUT2D eigenvalue weighted by Crippen LogP contribution is 2.20. The molecule has 0 radical (unpaired) electrons. The highest BCUT2D eigenvalue weighted by Gasteiger charge is 2.10. The van der Waals surface area contributed by atoms with Gasteiger partial charge in [-0.1, -0.05) is 22.0 Å². The van der Waals surface area contributed by atoms with Gasteiger partial charge >= 0.3 is 0 Å². The number of aryl methyl sites for hydroxylation is 1. The number of carbonyl (C=O) groups is 1. The number of amides is 1. The van der Waals surface area contributed by atoms with Crippen LogP contribution in [0.25, 0.3) is 0 Å². The number of carbonyl (C=O) groups excluding carboxylic acids is 1. The lowest BCUT2D eigenvalue weighted by atomic mass is 10.1. The summed E-state index contributed by atoms with van der Waals surface area (Å²) in [6.45, 7) is 8.30. The molecule has 0 aliphatic heterocycles. The van der Waals surface area contributed by atoms with Crippen molar-refractivity contribution in [3.63, 3.8) is 0 Å². The molecule has 0 aliphatic carbocycles. The molecule has 0 spiro atoms. The number of nitrogens with zero attached hydrogens (tertiary/aromatic N) is 1. The minimum Gasteiger partial charge on any atom is -0.370 e. The maximum Gasteiger partial charge on any atom is 0.226 e. The van der Waals surface area contributed by atoms with Gasteiger partial charge in [0.2, 0.25) is 5.91 Å². The largest absolute Gasteiger partial charge is 0.370 e. The topological polar surface area (TPSA) is 79.5 Å². The molecule has 0 saturated carbocycles. The number of aliphatic imine (C=N–C) groups is 1. The van der Waals surface area contributed by atoms with E-state index in [4.69, 9.17) is 5.73 Å². The molecule has 0 aromatic heterocycles. The van der Waals surface area contributed by atoms with Crippen LogP contribution in [-0.4, -0.2) is 24.0 Å². The average molecular weight is 483 g/mol. The summed E-state index contributed by atoms with van der Waals surface area (Å²) in [6.07, 6.45) is 0.290. The molecule has 0 bridgehead atoms. The van der Waals surface area contributed by atoms with E-state index in [1.54, 1.807) is 0 Å². The van der Waals surface area contributed by atoms with Gasteiger partial charge < -0.3 is 16.4 Å². The fraction of sp³-hybridized carbons (Fsp3) is 0.467. The van der Waals surface area contributed by atoms with Crippen molar-refractivity contribution >= 4 is 57.5 Å². The van der Waals surface area contributed by atoms with Gasteiger partial charge in [0.25, 0.3) is 0 Å². The van der Waals surface area contributed by atoms with Gasteiger partial charge in [-0.15, -0.1) is 24.0 Å². The third-order valence-electron chi connectivity index (χ3n) is 2.60. The summed E-state index contributed by atoms with van der Waals surface area (Å²) < 4.78 is 0.931. The zero-order valence-electron chi connectivity index (χ0n) is 13.4. The smallest absolute Gasteiger partial charge is 0.226 e. The molecule has 1 rings (SSSR count). The van der Waals surface area contributed by atoms with Crippen molar-refractivity contribution in [1.82, 2.24) is 5.32 Å². The Morgan fingerprint density at radius 3 is 2.59 bits per heavy atom. The van der Waals surface area contributed by atoms with Crippen molar-refractivity contribution in [2.45, 2.75) is 39.7 Å². The lowest BCUT2D eigenvalue weighted by Crippen LogP contribution is -2.45. The van der Waals surface area contributed by atoms with E-state index in [2.05, 4.69) is 31.6 Å². The van der Waals surface area contributed by atoms with E-state index in [9.17, 15) is 4.79 Å². The maximum absolute atomic E-state index is 11.9. The number of anilines is 1. The Morgan fingerprint density at radius 1 is 1.36 bits per heavy atom. The van der Waals surface area contributed by atoms with Crippen LogP contribution in [0.1, 0.15) is 32.8 Å². The van der Waals surface area contributed by atoms with Crippen LogP contribution >= 0.6 is 39.9 Å². The summed E-state index contributed by atoms with van der Waals surface area (Å²) in [6, 6.07) is 5.77. The van der Waals surface area contributed by atoms with Crippen molar-refractivity contribution in [3.05, 3.63) is 28.2 Å². The number of guanidine groups is 1. The molecule has 0 heterocycles. The van der Waals surface area contributed by atoms with Crippen LogP contribution in [0.15, 0.2) is 27.7 Å². The van der Waals surface area contributed by atoms with Gasteiger partial charge in [0.15, 0.2) is 5.96 Å². The average Bonchev–Trinajstić information content (AvgIpc) is 2.31. The molecule has 0 aliphatic rings. The first-order valence-electron chi connectivity index (χ1n) is 6.81. The summed E-state index contributed by atoms with van der Waals surface area (Å²) in [5.74, 6) is 0.275. The Hall–Kier alpha value is -0.830. The number of hydrogen-bond acceptors (Lipinski definition) is 2. The predicted molar refractivity (Wildman–Crippen MR) is 107 cm³/mol. The Labute approximate surface area is 157 Å². The van der Waals surface area contributed by atoms with Crippen molar-refractivity contribution in [3.8, 4) is 0 Å². The molecule has 1 aromatic carbocycles. The van der Waals surface area contributed by atoms with Gasteiger partial charge in [-0.25, -0.2) is 0 Å². The third-order valence-corrected chi connectivity index (χ3v) is 3.09. The number of benzene rings is 1. The quantitative estimate of drug-likeness (QED) is 0.349. The van der Waals surface area contributed by atoms with Crippen molar-refractivity contribution < 1.29 is 4.79 Å². The number of rotatable bonds is 4. The summed E-state index contributed by atoms with van der Waals surface area (Å²) >= 11 is 3.39. The van der Waals surface area contributed by atoms with Crippen LogP contribution in [0.4, 0.5) is 5.69 Å². The summed E-state index contributed by atoms with van der Waals surface area (Å²) in [4.78, 5) is 16.0. The molecule has 0 unspecified atom stereocenters. The van der Waals surface area contributed by atoms with Crippen LogP contribution in [0.2, 0.25) is 0 Å². The van der Waals surface area contributed by atoms with E-state index in [0.717, 1.165) is 15.7 Å². The second-order valence-electron chi connectivity index (χ2n) is 5.90. The highest BCUT2D eigenvalue weighted by molar-refractivity contribution is 14.0. The fourth-order valence-corrected chi connectivity index (χ4v) is 2.00. The SMILES string of the molecule is Cc1ccc(Br)cc1NC(=O)CCN=C(N)NC(C)(C)C.I. The Morgan fingerprint density at radius 2 is 2.00 bits per heavy atom. The normalized spacial score (nSPS) is 11.6. The van der Waals surface area contributed by atoms with Gasteiger partial charge in [-0.2, -0.15) is 0 Å². The van der Waals surface area contributed by atoms with Gasteiger partial charge in [0, 0.05) is 22.1 Å². The van der Waals surface area contributed by atoms with E-state index in [1.807, 2.05) is 45.9 Å². The van der Waals surface area contributed by atoms with Gasteiger partial charge in [-0.3, -0.25) is 9.79 Å². The minimum atomic E-state index is -0.136. The molecule has 124 valence electrons. The van der Waals surface area contributed by atoms with Gasteiger partial charge in [0.1, 0.15) is 0 Å². The molecule has 0 fully saturated rings. The zero-order chi connectivity index (χ0) is 16.0. The lowest BCUT2D eigenvalue weighted by molar-refractivity contribution is -0.116. The molecule has 7 heteroatoms. The third kappa shape index (κ3) is 8.57. The number of halogens is 2. The van der Waals surface area contributed by atoms with Gasteiger partial charge in [0.05, 0.1) is 6.54 Å². The first-order valence-corrected chi connectivity index (χ1v) is 7.61. The van der Waals surface area contributed by atoms with Crippen LogP contribution in [0.3, 0.4) is 0 Å². The van der Waals surface area contributed by atoms with E-state index >= 15 is 0 Å². The van der Waals surface area contributed by atoms with Crippen molar-refractivity contribution in [2.75, 3.05) is 11.9 Å². The first kappa shape index (κ1) is 21.2. The molecular weight excluding hydrogens is 459 g/mol. The molecule has 1 aromatic rings. The standard InChI is InChI=1S/C15H23BrN4O.HI/c1-10-5-6-11(16)9-12(10)19-13(21)7-8-18-14(17)20-15(2,3)4;/h5-6,9H,7-8H2,1-4H3,(H,19,21)(H3,17,18,20);1H. The summed E-state index contributed by atoms with van der Waals surface area (Å²) in [7, 11) is 0. The van der Waals surface area contributed by atoms with Crippen LogP contribution in [-0.2, 0) is 4.79 Å². The monoisotopic (exact) mass is 482 g/mol. The lowest BCUT2D eigenvalue weighted by Gasteiger charge is -2.20. The maximum atomic E-state index is 11.9. The minimum absolute atomic E-state index is 0. The van der Waals surface area contributed by atoms with E-state index < -0.39 is 0 Å². The highest BCUT2D eigenvalue weighted by atomic mass is 127. The number of nitrogens with one attached hydrogen (secondary N) is 2. The molecule has 0 atom stereocenters. The van der Waals surface area contributed by atoms with Crippen molar-refractivity contribution in [1.29, 1.82) is 0 Å². The Bertz CT molecular complexity index is 541. The number of hydrogen-bond donors (Lipinski definition) is 3. The molecule has 4 N–H and O–H groups in total. The first-order chi connectivity index (χ1) is 9.67. The second-order valence-corrected chi connectivity index (χ2v) is 6.82. The predicted octanol–water partition coefficient (Wildman–Crippen LogP) is 3.41. The van der Waals surface area contributed by atoms with E-state index in [0.29, 0.717) is 18.9 Å². The second kappa shape index (κ2) is 9.34. The Kier molecular flexibility index (Phi) is 8.99. The summed E-state index contributed by atoms with van der Waals surface area (Å²) in [5, 5.41) is 5.92. The van der Waals surface area contributed by atoms with Crippen molar-refractivity contribution in [2.24, 2.45) is 10.7 Å². The van der Waals surface area contributed by atoms with Crippen LogP contribution in [0, 0.1) is 6.92 Å². The summed E-state index contributed by atoms with van der Waals surface area (Å²) in [5.41, 5.74) is 7.43. The van der Waals surface area contributed by atoms with E-state index in [-0.39, 0.29) is 35.4 Å². The Balaban J connectivity index is 0.00000441.